The van der Waals surface area contributed by atoms with Gasteiger partial charge in [0.2, 0.25) is 17.7 Å². The van der Waals surface area contributed by atoms with Crippen LogP contribution in [0.25, 0.3) is 12.2 Å². The van der Waals surface area contributed by atoms with Crippen LogP contribution in [-0.4, -0.2) is 83.6 Å². The molecule has 2 aliphatic rings. The van der Waals surface area contributed by atoms with Gasteiger partial charge in [0, 0.05) is 37.1 Å². The Morgan fingerprint density at radius 2 is 1.66 bits per heavy atom. The van der Waals surface area contributed by atoms with Gasteiger partial charge in [-0.3, -0.25) is 39.0 Å². The minimum atomic E-state index is -1.01. The van der Waals surface area contributed by atoms with E-state index in [1.807, 2.05) is 48.6 Å². The number of hydrogen-bond donors (Lipinski definition) is 2. The van der Waals surface area contributed by atoms with Gasteiger partial charge in [-0.15, -0.1) is 0 Å². The molecule has 6 rings (SSSR count). The molecule has 0 radical (unpaired) electrons. The van der Waals surface area contributed by atoms with Crippen LogP contribution in [0.1, 0.15) is 98.4 Å². The van der Waals surface area contributed by atoms with Crippen LogP contribution in [0.3, 0.4) is 0 Å². The lowest BCUT2D eigenvalue weighted by Gasteiger charge is -2.27. The van der Waals surface area contributed by atoms with Gasteiger partial charge >= 0.3 is 0 Å². The van der Waals surface area contributed by atoms with Gasteiger partial charge in [-0.25, -0.2) is 4.98 Å². The Balaban J connectivity index is 0.875. The number of nitrogens with zero attached hydrogens (tertiary/aromatic N) is 3. The van der Waals surface area contributed by atoms with Crippen LogP contribution in [0.15, 0.2) is 79.0 Å². The Kier molecular flexibility index (Phi) is 14.2. The van der Waals surface area contributed by atoms with Crippen molar-refractivity contribution in [3.05, 3.63) is 123 Å². The maximum atomic E-state index is 13.1. The molecule has 13 nitrogen and oxygen atoms in total. The van der Waals surface area contributed by atoms with Crippen molar-refractivity contribution in [1.29, 1.82) is 0 Å². The first-order valence-corrected chi connectivity index (χ1v) is 19.9. The van der Waals surface area contributed by atoms with Gasteiger partial charge in [0.1, 0.15) is 23.2 Å². The quantitative estimate of drug-likeness (QED) is 0.0870. The molecule has 6 amide bonds. The third-order valence-corrected chi connectivity index (χ3v) is 10.5. The first-order valence-electron chi connectivity index (χ1n) is 19.6. The summed E-state index contributed by atoms with van der Waals surface area (Å²) in [6.45, 7) is 1.33. The highest BCUT2D eigenvalue weighted by molar-refractivity contribution is 6.30. The number of ether oxygens (including phenoxy) is 2. The van der Waals surface area contributed by atoms with Gasteiger partial charge in [-0.1, -0.05) is 79.4 Å². The Labute approximate surface area is 347 Å². The number of piperidine rings is 1. The first kappa shape index (κ1) is 42.3. The topological polar surface area (TPSA) is 164 Å². The number of fused-ring (bicyclic) bond motifs is 1. The number of methoxy groups -OCH3 is 1. The molecule has 1 aromatic heterocycles. The molecule has 306 valence electrons. The predicted octanol–water partition coefficient (Wildman–Crippen LogP) is 6.28. The van der Waals surface area contributed by atoms with E-state index >= 15 is 0 Å². The average molecular weight is 820 g/mol. The largest absolute Gasteiger partial charge is 0.495 e. The standard InChI is InChI=1S/C45H46ClN5O8/c1-50(21-6-4-3-5-7-22-59-34-17-18-35-36(26-34)45(57)51(44(35)56)38-19-20-40(52)49-43(38)55)41(53)24-30-9-8-10-31(23-30)27-48-42(54)37-25-32(39(58-2)28-47-37)14-11-29-12-15-33(46)16-13-29/h8-18,23,25-26,28,38H,3-7,19-22,24,27H2,1-2H3,(H,48,54)(H,49,52,55)/b14-11+. The van der Waals surface area contributed by atoms with Crippen molar-refractivity contribution in [2.24, 2.45) is 0 Å². The first-order chi connectivity index (χ1) is 28.5. The fourth-order valence-corrected chi connectivity index (χ4v) is 7.04. The zero-order chi connectivity index (χ0) is 41.9. The minimum absolute atomic E-state index is 0.0101. The summed E-state index contributed by atoms with van der Waals surface area (Å²) in [6, 6.07) is 20.4. The van der Waals surface area contributed by atoms with Crippen LogP contribution in [0.5, 0.6) is 11.5 Å². The number of halogens is 1. The number of imide groups is 2. The Morgan fingerprint density at radius 3 is 2.44 bits per heavy atom. The smallest absolute Gasteiger partial charge is 0.270 e. The molecule has 14 heteroatoms. The van der Waals surface area contributed by atoms with E-state index in [2.05, 4.69) is 15.6 Å². The molecule has 0 bridgehead atoms. The van der Waals surface area contributed by atoms with Crippen LogP contribution in [0.4, 0.5) is 0 Å². The number of benzene rings is 3. The second-order valence-corrected chi connectivity index (χ2v) is 14.9. The molecule has 4 aromatic rings. The molecular formula is C45H46ClN5O8. The lowest BCUT2D eigenvalue weighted by atomic mass is 10.0. The lowest BCUT2D eigenvalue weighted by molar-refractivity contribution is -0.136. The molecule has 59 heavy (non-hydrogen) atoms. The fourth-order valence-electron chi connectivity index (χ4n) is 6.91. The van der Waals surface area contributed by atoms with Crippen molar-refractivity contribution >= 4 is 59.2 Å². The summed E-state index contributed by atoms with van der Waals surface area (Å²) >= 11 is 5.99. The molecule has 3 heterocycles. The molecule has 2 aliphatic heterocycles. The van der Waals surface area contributed by atoms with Gasteiger partial charge in [0.05, 0.1) is 37.5 Å². The van der Waals surface area contributed by atoms with Crippen molar-refractivity contribution in [2.45, 2.75) is 64.0 Å². The second-order valence-electron chi connectivity index (χ2n) is 14.5. The minimum Gasteiger partial charge on any atom is -0.495 e. The Bertz CT molecular complexity index is 2260. The van der Waals surface area contributed by atoms with E-state index in [9.17, 15) is 28.8 Å². The third-order valence-electron chi connectivity index (χ3n) is 10.2. The molecule has 0 aliphatic carbocycles. The monoisotopic (exact) mass is 819 g/mol. The van der Waals surface area contributed by atoms with E-state index in [4.69, 9.17) is 21.1 Å². The molecular weight excluding hydrogens is 774 g/mol. The summed E-state index contributed by atoms with van der Waals surface area (Å²) in [5, 5.41) is 5.77. The Morgan fingerprint density at radius 1 is 0.915 bits per heavy atom. The zero-order valence-corrected chi connectivity index (χ0v) is 33.8. The van der Waals surface area contributed by atoms with E-state index in [-0.39, 0.29) is 54.4 Å². The van der Waals surface area contributed by atoms with Crippen molar-refractivity contribution in [3.8, 4) is 11.5 Å². The average Bonchev–Trinajstić information content (AvgIpc) is 3.48. The van der Waals surface area contributed by atoms with Gasteiger partial charge in [-0.05, 0) is 72.4 Å². The highest BCUT2D eigenvalue weighted by atomic mass is 35.5. The number of unbranched alkanes of at least 4 members (excludes halogenated alkanes) is 4. The summed E-state index contributed by atoms with van der Waals surface area (Å²) < 4.78 is 11.3. The molecule has 0 saturated carbocycles. The molecule has 1 saturated heterocycles. The van der Waals surface area contributed by atoms with Crippen molar-refractivity contribution in [1.82, 2.24) is 25.4 Å². The second kappa shape index (κ2) is 19.9. The number of carbonyl (C=O) groups is 6. The highest BCUT2D eigenvalue weighted by Crippen LogP contribution is 2.30. The number of aromatic nitrogens is 1. The summed E-state index contributed by atoms with van der Waals surface area (Å²) in [6.07, 6.45) is 10.2. The van der Waals surface area contributed by atoms with Crippen LogP contribution < -0.4 is 20.1 Å². The highest BCUT2D eigenvalue weighted by Gasteiger charge is 2.44. The molecule has 3 aromatic carbocycles. The number of rotatable bonds is 18. The van der Waals surface area contributed by atoms with E-state index in [1.54, 1.807) is 43.3 Å². The normalized spacial score (nSPS) is 15.0. The SMILES string of the molecule is COc1cnc(C(=O)NCc2cccc(CC(=O)N(C)CCCCCCCOc3ccc4c(c3)C(=O)N(C3CCC(=O)NC3=O)C4=O)c2)cc1/C=C/c1ccc(Cl)cc1. The number of likely N-dealkylation sites (N-methyl/N-ethyl adjacent to an activating group) is 1. The van der Waals surface area contributed by atoms with E-state index in [0.717, 1.165) is 53.7 Å². The Hall–Kier alpha value is -6.34. The van der Waals surface area contributed by atoms with E-state index < -0.39 is 29.7 Å². The maximum absolute atomic E-state index is 13.1. The van der Waals surface area contributed by atoms with Crippen molar-refractivity contribution in [3.63, 3.8) is 0 Å². The van der Waals surface area contributed by atoms with Crippen molar-refractivity contribution in [2.75, 3.05) is 27.3 Å². The molecule has 0 spiro atoms. The van der Waals surface area contributed by atoms with E-state index in [0.29, 0.717) is 35.2 Å². The van der Waals surface area contributed by atoms with Crippen LogP contribution in [0.2, 0.25) is 5.02 Å². The maximum Gasteiger partial charge on any atom is 0.270 e. The van der Waals surface area contributed by atoms with Gasteiger partial charge in [0.15, 0.2) is 0 Å². The lowest BCUT2D eigenvalue weighted by Crippen LogP contribution is -2.54. The predicted molar refractivity (Wildman–Crippen MR) is 222 cm³/mol. The number of carbonyl (C=O) groups excluding carboxylic acids is 6. The van der Waals surface area contributed by atoms with Crippen LogP contribution in [-0.2, 0) is 27.3 Å². The third kappa shape index (κ3) is 11.0. The molecule has 2 N–H and O–H groups in total. The number of amides is 6. The van der Waals surface area contributed by atoms with Gasteiger partial charge in [-0.2, -0.15) is 0 Å². The zero-order valence-electron chi connectivity index (χ0n) is 33.0. The van der Waals surface area contributed by atoms with Crippen LogP contribution in [0, 0.1) is 0 Å². The summed E-state index contributed by atoms with van der Waals surface area (Å²) in [7, 11) is 3.36. The number of pyridine rings is 1. The molecule has 1 fully saturated rings. The van der Waals surface area contributed by atoms with Gasteiger partial charge in [0.25, 0.3) is 17.7 Å². The molecule has 1 unspecified atom stereocenters. The van der Waals surface area contributed by atoms with E-state index in [1.165, 1.54) is 18.3 Å². The number of hydrogen-bond acceptors (Lipinski definition) is 9. The van der Waals surface area contributed by atoms with Crippen molar-refractivity contribution < 1.29 is 38.2 Å². The summed E-state index contributed by atoms with van der Waals surface area (Å²) in [5.41, 5.74) is 4.02. The summed E-state index contributed by atoms with van der Waals surface area (Å²) in [4.78, 5) is 82.8. The number of nitrogens with one attached hydrogen (secondary N) is 2. The van der Waals surface area contributed by atoms with Crippen LogP contribution >= 0.6 is 11.6 Å². The van der Waals surface area contributed by atoms with Gasteiger partial charge < -0.3 is 19.7 Å². The fraction of sp³-hybridized carbons (Fsp3) is 0.311. The summed E-state index contributed by atoms with van der Waals surface area (Å²) in [5.74, 6) is -1.51. The molecule has 1 atom stereocenters.